The second-order valence-electron chi connectivity index (χ2n) is 6.28. The number of benzene rings is 2. The van der Waals surface area contributed by atoms with Crippen molar-refractivity contribution in [1.29, 1.82) is 0 Å². The first-order chi connectivity index (χ1) is 12.0. The maximum absolute atomic E-state index is 11.2. The fourth-order valence-electron chi connectivity index (χ4n) is 3.38. The van der Waals surface area contributed by atoms with Crippen LogP contribution >= 0.6 is 39.1 Å². The molecule has 1 fully saturated rings. The highest BCUT2D eigenvalue weighted by molar-refractivity contribution is 9.10. The minimum Gasteiger partial charge on any atom is -0.481 e. The molecule has 132 valence electrons. The van der Waals surface area contributed by atoms with Gasteiger partial charge in [-0.25, -0.2) is 0 Å². The van der Waals surface area contributed by atoms with Crippen molar-refractivity contribution in [3.05, 3.63) is 68.1 Å². The van der Waals surface area contributed by atoms with E-state index in [1.165, 1.54) is 0 Å². The maximum atomic E-state index is 11.2. The number of carboxylic acids is 1. The second kappa shape index (κ2) is 8.09. The molecule has 0 amide bonds. The lowest BCUT2D eigenvalue weighted by Gasteiger charge is -2.37. The topological polar surface area (TPSA) is 40.5 Å². The molecule has 1 aliphatic heterocycles. The Kier molecular flexibility index (Phi) is 6.05. The number of carbonyl (C=O) groups is 1. The van der Waals surface area contributed by atoms with Crippen molar-refractivity contribution in [1.82, 2.24) is 4.90 Å². The number of nitrogens with zero attached hydrogens (tertiary/aromatic N) is 1. The van der Waals surface area contributed by atoms with E-state index in [1.54, 1.807) is 0 Å². The summed E-state index contributed by atoms with van der Waals surface area (Å²) in [6.07, 6.45) is 1.31. The Bertz CT molecular complexity index is 776. The molecule has 0 saturated carbocycles. The lowest BCUT2D eigenvalue weighted by atomic mass is 9.91. The van der Waals surface area contributed by atoms with E-state index in [9.17, 15) is 9.90 Å². The van der Waals surface area contributed by atoms with Gasteiger partial charge in [0.1, 0.15) is 0 Å². The van der Waals surface area contributed by atoms with E-state index in [2.05, 4.69) is 33.0 Å². The van der Waals surface area contributed by atoms with Crippen LogP contribution < -0.4 is 0 Å². The van der Waals surface area contributed by atoms with Crippen LogP contribution in [0.4, 0.5) is 0 Å². The van der Waals surface area contributed by atoms with Crippen LogP contribution in [0, 0.1) is 5.92 Å². The van der Waals surface area contributed by atoms with Crippen LogP contribution in [0.2, 0.25) is 10.0 Å². The zero-order valence-corrected chi connectivity index (χ0v) is 16.6. The Morgan fingerprint density at radius 1 is 1.08 bits per heavy atom. The van der Waals surface area contributed by atoms with Crippen molar-refractivity contribution in [2.45, 2.75) is 18.9 Å². The van der Waals surface area contributed by atoms with Gasteiger partial charge in [-0.1, -0.05) is 57.3 Å². The van der Waals surface area contributed by atoms with Crippen molar-refractivity contribution < 1.29 is 9.90 Å². The quantitative estimate of drug-likeness (QED) is 0.665. The molecule has 0 radical (unpaired) electrons. The number of hydrogen-bond acceptors (Lipinski definition) is 2. The molecule has 3 nitrogen and oxygen atoms in total. The zero-order chi connectivity index (χ0) is 18.0. The first-order valence-corrected chi connectivity index (χ1v) is 9.68. The maximum Gasteiger partial charge on any atom is 0.306 e. The Balaban J connectivity index is 1.95. The largest absolute Gasteiger partial charge is 0.481 e. The Hall–Kier alpha value is -1.07. The summed E-state index contributed by atoms with van der Waals surface area (Å²) in [5.74, 6) is -0.957. The van der Waals surface area contributed by atoms with Gasteiger partial charge >= 0.3 is 5.97 Å². The first-order valence-electron chi connectivity index (χ1n) is 8.13. The molecule has 0 aliphatic carbocycles. The fourth-order valence-corrected chi connectivity index (χ4v) is 4.10. The molecule has 1 heterocycles. The van der Waals surface area contributed by atoms with Gasteiger partial charge in [0, 0.05) is 4.47 Å². The molecule has 25 heavy (non-hydrogen) atoms. The van der Waals surface area contributed by atoms with Gasteiger partial charge in [-0.2, -0.15) is 0 Å². The minimum atomic E-state index is -0.701. The van der Waals surface area contributed by atoms with Gasteiger partial charge in [0.15, 0.2) is 0 Å². The van der Waals surface area contributed by atoms with E-state index in [0.29, 0.717) is 22.9 Å². The number of rotatable bonds is 4. The third-order valence-electron chi connectivity index (χ3n) is 4.67. The highest BCUT2D eigenvalue weighted by atomic mass is 79.9. The van der Waals surface area contributed by atoms with Crippen LogP contribution in [0.5, 0.6) is 0 Å². The average Bonchev–Trinajstić information content (AvgIpc) is 2.59. The van der Waals surface area contributed by atoms with Crippen molar-refractivity contribution in [2.75, 3.05) is 13.1 Å². The highest BCUT2D eigenvalue weighted by Crippen LogP contribution is 2.36. The van der Waals surface area contributed by atoms with E-state index in [4.69, 9.17) is 23.2 Å². The number of likely N-dealkylation sites (tertiary alicyclic amines) is 1. The molecule has 1 aliphatic rings. The Morgan fingerprint density at radius 3 is 2.36 bits per heavy atom. The van der Waals surface area contributed by atoms with Gasteiger partial charge in [-0.3, -0.25) is 9.69 Å². The van der Waals surface area contributed by atoms with Crippen LogP contribution in [0.25, 0.3) is 0 Å². The lowest BCUT2D eigenvalue weighted by molar-refractivity contribution is -0.143. The monoisotopic (exact) mass is 441 g/mol. The molecule has 1 unspecified atom stereocenters. The normalized spacial score (nSPS) is 17.4. The Labute approximate surface area is 165 Å². The molecule has 0 spiro atoms. The summed E-state index contributed by atoms with van der Waals surface area (Å²) in [6, 6.07) is 13.9. The predicted molar refractivity (Wildman–Crippen MR) is 104 cm³/mol. The third-order valence-corrected chi connectivity index (χ3v) is 5.90. The predicted octanol–water partition coefficient (Wildman–Crippen LogP) is 5.64. The molecule has 3 rings (SSSR count). The molecule has 2 aromatic carbocycles. The number of aliphatic carboxylic acids is 1. The van der Waals surface area contributed by atoms with E-state index >= 15 is 0 Å². The smallest absolute Gasteiger partial charge is 0.306 e. The molecule has 0 bridgehead atoms. The van der Waals surface area contributed by atoms with E-state index < -0.39 is 5.97 Å². The van der Waals surface area contributed by atoms with Crippen LogP contribution in [0.1, 0.15) is 30.0 Å². The van der Waals surface area contributed by atoms with Crippen molar-refractivity contribution in [3.8, 4) is 0 Å². The summed E-state index contributed by atoms with van der Waals surface area (Å²) in [7, 11) is 0. The number of halogens is 3. The summed E-state index contributed by atoms with van der Waals surface area (Å²) < 4.78 is 1.01. The number of hydrogen-bond donors (Lipinski definition) is 1. The van der Waals surface area contributed by atoms with Crippen LogP contribution in [-0.4, -0.2) is 29.1 Å². The molecule has 1 saturated heterocycles. The third kappa shape index (κ3) is 4.37. The zero-order valence-electron chi connectivity index (χ0n) is 13.5. The summed E-state index contributed by atoms with van der Waals surface area (Å²) in [5.41, 5.74) is 2.20. The van der Waals surface area contributed by atoms with E-state index in [1.807, 2.05) is 30.3 Å². The molecular weight excluding hydrogens is 425 g/mol. The molecule has 0 aromatic heterocycles. The lowest BCUT2D eigenvalue weighted by Crippen LogP contribution is -2.39. The van der Waals surface area contributed by atoms with Crippen LogP contribution in [0.15, 0.2) is 46.9 Å². The summed E-state index contributed by atoms with van der Waals surface area (Å²) >= 11 is 15.9. The van der Waals surface area contributed by atoms with Gasteiger partial charge in [0.05, 0.1) is 22.0 Å². The van der Waals surface area contributed by atoms with Crippen molar-refractivity contribution in [3.63, 3.8) is 0 Å². The number of carboxylic acid groups (broad SMARTS) is 1. The van der Waals surface area contributed by atoms with Crippen LogP contribution in [0.3, 0.4) is 0 Å². The Morgan fingerprint density at radius 2 is 1.76 bits per heavy atom. The van der Waals surface area contributed by atoms with E-state index in [0.717, 1.165) is 28.7 Å². The van der Waals surface area contributed by atoms with Gasteiger partial charge in [0.2, 0.25) is 0 Å². The molecule has 2 aromatic rings. The summed E-state index contributed by atoms with van der Waals surface area (Å²) in [6.45, 7) is 1.46. The highest BCUT2D eigenvalue weighted by Gasteiger charge is 2.30. The summed E-state index contributed by atoms with van der Waals surface area (Å²) in [4.78, 5) is 13.6. The molecule has 6 heteroatoms. The van der Waals surface area contributed by atoms with Crippen molar-refractivity contribution in [2.24, 2.45) is 5.92 Å². The summed E-state index contributed by atoms with van der Waals surface area (Å²) in [5, 5.41) is 10.3. The van der Waals surface area contributed by atoms with Crippen LogP contribution in [-0.2, 0) is 4.79 Å². The minimum absolute atomic E-state index is 0.0158. The molecular formula is C19H18BrCl2NO2. The van der Waals surface area contributed by atoms with Gasteiger partial charge < -0.3 is 5.11 Å². The molecule has 1 atom stereocenters. The van der Waals surface area contributed by atoms with Gasteiger partial charge in [-0.15, -0.1) is 0 Å². The van der Waals surface area contributed by atoms with E-state index in [-0.39, 0.29) is 12.0 Å². The molecule has 1 N–H and O–H groups in total. The second-order valence-corrected chi connectivity index (χ2v) is 8.01. The first kappa shape index (κ1) is 18.7. The fraction of sp³-hybridized carbons (Fsp3) is 0.316. The van der Waals surface area contributed by atoms with Gasteiger partial charge in [0.25, 0.3) is 0 Å². The van der Waals surface area contributed by atoms with Crippen molar-refractivity contribution >= 4 is 45.1 Å². The standard InChI is InChI=1S/C19H18BrCl2NO2/c20-15-3-1-2-13(10-15)18(14-4-5-16(21)17(22)11-14)23-8-6-12(7-9-23)19(24)25/h1-5,10-12,18H,6-9H2,(H,24,25). The SMILES string of the molecule is O=C(O)C1CCN(C(c2cccc(Br)c2)c2ccc(Cl)c(Cl)c2)CC1. The number of piperidine rings is 1. The average molecular weight is 443 g/mol. The van der Waals surface area contributed by atoms with Gasteiger partial charge in [-0.05, 0) is 61.3 Å².